The summed E-state index contributed by atoms with van der Waals surface area (Å²) in [5, 5.41) is 3.02. The molecular weight excluding hydrogens is 236 g/mol. The number of nitrogens with two attached hydrogens (primary N) is 1. The summed E-state index contributed by atoms with van der Waals surface area (Å²) in [7, 11) is 0. The first-order chi connectivity index (χ1) is 8.89. The Hall–Kier alpha value is -0.440. The highest BCUT2D eigenvalue weighted by molar-refractivity contribution is 4.71. The molecule has 0 saturated heterocycles. The molecule has 0 aliphatic carbocycles. The minimum absolute atomic E-state index is 0.0891. The van der Waals surface area contributed by atoms with Crippen LogP contribution in [0.2, 0.25) is 0 Å². The van der Waals surface area contributed by atoms with Crippen LogP contribution in [-0.4, -0.2) is 12.6 Å². The van der Waals surface area contributed by atoms with Crippen molar-refractivity contribution in [3.05, 3.63) is 4.91 Å². The Morgan fingerprint density at radius 3 is 2.05 bits per heavy atom. The molecule has 19 heavy (non-hydrogen) atoms. The number of hydrogen-bond donors (Lipinski definition) is 1. The van der Waals surface area contributed by atoms with Crippen molar-refractivity contribution in [3.8, 4) is 0 Å². The minimum Gasteiger partial charge on any atom is -0.327 e. The van der Waals surface area contributed by atoms with Crippen molar-refractivity contribution < 1.29 is 0 Å². The van der Waals surface area contributed by atoms with Crippen LogP contribution in [0.5, 0.6) is 0 Å². The van der Waals surface area contributed by atoms with Gasteiger partial charge in [0, 0.05) is 6.04 Å². The average Bonchev–Trinajstić information content (AvgIpc) is 2.31. The van der Waals surface area contributed by atoms with Crippen molar-refractivity contribution in [1.82, 2.24) is 0 Å². The van der Waals surface area contributed by atoms with Crippen molar-refractivity contribution >= 4 is 0 Å². The lowest BCUT2D eigenvalue weighted by atomic mass is 9.87. The third kappa shape index (κ3) is 11.1. The lowest BCUT2D eigenvalue weighted by Crippen LogP contribution is -2.25. The molecule has 0 amide bonds. The molecule has 0 heterocycles. The van der Waals surface area contributed by atoms with Crippen LogP contribution in [0, 0.1) is 16.2 Å². The van der Waals surface area contributed by atoms with Gasteiger partial charge in [-0.1, -0.05) is 71.4 Å². The fraction of sp³-hybridized carbons (Fsp3) is 1.00. The van der Waals surface area contributed by atoms with Gasteiger partial charge in [-0.2, -0.15) is 4.91 Å². The summed E-state index contributed by atoms with van der Waals surface area (Å²) >= 11 is 0. The summed E-state index contributed by atoms with van der Waals surface area (Å²) in [6.07, 6.45) is 9.96. The molecule has 0 bridgehead atoms. The molecule has 1 unspecified atom stereocenters. The molecule has 0 aromatic heterocycles. The predicted octanol–water partition coefficient (Wildman–Crippen LogP) is 4.88. The zero-order valence-corrected chi connectivity index (χ0v) is 13.5. The van der Waals surface area contributed by atoms with E-state index in [9.17, 15) is 4.91 Å². The van der Waals surface area contributed by atoms with Crippen molar-refractivity contribution in [3.63, 3.8) is 0 Å². The SMILES string of the molecule is CC(C)C(N)CCCCCCCCC(C)(C)CN=O. The first-order valence-electron chi connectivity index (χ1n) is 7.94. The van der Waals surface area contributed by atoms with Crippen molar-refractivity contribution in [2.75, 3.05) is 6.54 Å². The van der Waals surface area contributed by atoms with Gasteiger partial charge >= 0.3 is 0 Å². The lowest BCUT2D eigenvalue weighted by Gasteiger charge is -2.20. The van der Waals surface area contributed by atoms with Crippen LogP contribution < -0.4 is 5.73 Å². The van der Waals surface area contributed by atoms with Crippen molar-refractivity contribution in [2.45, 2.75) is 85.1 Å². The highest BCUT2D eigenvalue weighted by atomic mass is 16.3. The lowest BCUT2D eigenvalue weighted by molar-refractivity contribution is 0.330. The van der Waals surface area contributed by atoms with E-state index in [-0.39, 0.29) is 5.41 Å². The Kier molecular flexibility index (Phi) is 10.1. The second kappa shape index (κ2) is 10.4. The molecule has 0 aliphatic heterocycles. The van der Waals surface area contributed by atoms with Crippen LogP contribution in [0.15, 0.2) is 5.18 Å². The third-order valence-electron chi connectivity index (χ3n) is 3.99. The Bertz CT molecular complexity index is 227. The number of rotatable bonds is 12. The summed E-state index contributed by atoms with van der Waals surface area (Å²) < 4.78 is 0. The third-order valence-corrected chi connectivity index (χ3v) is 3.99. The first-order valence-corrected chi connectivity index (χ1v) is 7.94. The highest BCUT2D eigenvalue weighted by Gasteiger charge is 2.17. The second-order valence-electron chi connectivity index (χ2n) is 7.02. The predicted molar refractivity (Wildman–Crippen MR) is 84.2 cm³/mol. The average molecular weight is 270 g/mol. The molecule has 0 rings (SSSR count). The number of hydrogen-bond acceptors (Lipinski definition) is 3. The zero-order valence-electron chi connectivity index (χ0n) is 13.5. The van der Waals surface area contributed by atoms with E-state index in [2.05, 4.69) is 32.9 Å². The van der Waals surface area contributed by atoms with Crippen LogP contribution in [-0.2, 0) is 0 Å². The summed E-state index contributed by atoms with van der Waals surface area (Å²) in [6, 6.07) is 0.372. The maximum absolute atomic E-state index is 10.3. The van der Waals surface area contributed by atoms with Crippen LogP contribution in [0.4, 0.5) is 0 Å². The Morgan fingerprint density at radius 1 is 1.00 bits per heavy atom. The van der Waals surface area contributed by atoms with E-state index < -0.39 is 0 Å². The van der Waals surface area contributed by atoms with E-state index >= 15 is 0 Å². The first kappa shape index (κ1) is 18.6. The molecule has 0 aromatic carbocycles. The topological polar surface area (TPSA) is 55.4 Å². The normalized spacial score (nSPS) is 13.8. The maximum atomic E-state index is 10.3. The molecule has 3 nitrogen and oxygen atoms in total. The van der Waals surface area contributed by atoms with E-state index in [0.717, 1.165) is 12.8 Å². The van der Waals surface area contributed by atoms with Gasteiger partial charge in [0.05, 0.1) is 6.54 Å². The quantitative estimate of drug-likeness (QED) is 0.406. The second-order valence-corrected chi connectivity index (χ2v) is 7.02. The Morgan fingerprint density at radius 2 is 1.53 bits per heavy atom. The van der Waals surface area contributed by atoms with Gasteiger partial charge in [0.1, 0.15) is 0 Å². The largest absolute Gasteiger partial charge is 0.327 e. The highest BCUT2D eigenvalue weighted by Crippen LogP contribution is 2.24. The number of nitrogens with zero attached hydrogens (tertiary/aromatic N) is 1. The molecule has 3 heteroatoms. The fourth-order valence-electron chi connectivity index (χ4n) is 2.28. The van der Waals surface area contributed by atoms with Gasteiger partial charge in [-0.15, -0.1) is 0 Å². The van der Waals surface area contributed by atoms with Crippen LogP contribution in [0.3, 0.4) is 0 Å². The van der Waals surface area contributed by atoms with E-state index in [0.29, 0.717) is 18.5 Å². The molecule has 0 fully saturated rings. The molecule has 0 aromatic rings. The number of nitroso groups, excluding NO2 is 1. The summed E-state index contributed by atoms with van der Waals surface area (Å²) in [5.74, 6) is 0.605. The molecule has 114 valence electrons. The van der Waals surface area contributed by atoms with Crippen LogP contribution >= 0.6 is 0 Å². The van der Waals surface area contributed by atoms with Gasteiger partial charge in [-0.05, 0) is 24.2 Å². The fourth-order valence-corrected chi connectivity index (χ4v) is 2.28. The van der Waals surface area contributed by atoms with E-state index in [1.54, 1.807) is 0 Å². The van der Waals surface area contributed by atoms with Crippen LogP contribution in [0.1, 0.15) is 79.1 Å². The molecule has 0 aliphatic rings. The van der Waals surface area contributed by atoms with Gasteiger partial charge < -0.3 is 5.73 Å². The Labute approximate surface area is 119 Å². The monoisotopic (exact) mass is 270 g/mol. The molecule has 2 N–H and O–H groups in total. The molecular formula is C16H34N2O. The minimum atomic E-state index is 0.0891. The van der Waals surface area contributed by atoms with E-state index in [1.165, 1.54) is 38.5 Å². The van der Waals surface area contributed by atoms with Gasteiger partial charge in [0.2, 0.25) is 0 Å². The van der Waals surface area contributed by atoms with E-state index in [4.69, 9.17) is 5.73 Å². The van der Waals surface area contributed by atoms with E-state index in [1.807, 2.05) is 0 Å². The van der Waals surface area contributed by atoms with Gasteiger partial charge in [0.15, 0.2) is 0 Å². The smallest absolute Gasteiger partial charge is 0.0862 e. The standard InChI is InChI=1S/C16H34N2O/c1-14(2)15(17)11-9-7-5-6-8-10-12-16(3,4)13-18-19/h14-15H,5-13,17H2,1-4H3. The summed E-state index contributed by atoms with van der Waals surface area (Å²) in [5.41, 5.74) is 6.11. The Balaban J connectivity index is 3.34. The molecule has 1 atom stereocenters. The van der Waals surface area contributed by atoms with Crippen LogP contribution in [0.25, 0.3) is 0 Å². The molecule has 0 spiro atoms. The summed E-state index contributed by atoms with van der Waals surface area (Å²) in [4.78, 5) is 10.3. The maximum Gasteiger partial charge on any atom is 0.0862 e. The van der Waals surface area contributed by atoms with Gasteiger partial charge in [0.25, 0.3) is 0 Å². The van der Waals surface area contributed by atoms with Crippen molar-refractivity contribution in [2.24, 2.45) is 22.2 Å². The van der Waals surface area contributed by atoms with Gasteiger partial charge in [-0.3, -0.25) is 0 Å². The molecule has 0 radical (unpaired) electrons. The summed E-state index contributed by atoms with van der Waals surface area (Å²) in [6.45, 7) is 9.09. The molecule has 0 saturated carbocycles. The number of unbranched alkanes of at least 4 members (excludes halogenated alkanes) is 5. The van der Waals surface area contributed by atoms with Crippen molar-refractivity contribution in [1.29, 1.82) is 0 Å². The zero-order chi connectivity index (χ0) is 14.7. The van der Waals surface area contributed by atoms with Gasteiger partial charge in [-0.25, -0.2) is 0 Å².